The molecule has 2 saturated heterocycles. The lowest BCUT2D eigenvalue weighted by molar-refractivity contribution is -0.144. The topological polar surface area (TPSA) is 174 Å². The Hall–Kier alpha value is -2.74. The molecule has 0 aromatic rings. The molecular weight excluding hydrogens is 612 g/mol. The minimum atomic E-state index is -3.54. The first-order chi connectivity index (χ1) is 21.7. The molecule has 2 aliphatic heterocycles. The Morgan fingerprint density at radius 2 is 1.52 bits per heavy atom. The van der Waals surface area contributed by atoms with Gasteiger partial charge in [0.15, 0.2) is 0 Å². The lowest BCUT2D eigenvalue weighted by Gasteiger charge is -2.41. The van der Waals surface area contributed by atoms with E-state index in [1.807, 2.05) is 20.8 Å². The first-order valence-electron chi connectivity index (χ1n) is 17.2. The zero-order chi connectivity index (χ0) is 33.3. The third kappa shape index (κ3) is 8.59. The summed E-state index contributed by atoms with van der Waals surface area (Å²) in [6, 6.07) is -3.37. The number of nitrogens with zero attached hydrogens (tertiary/aromatic N) is 2. The molecule has 0 bridgehead atoms. The van der Waals surface area contributed by atoms with E-state index in [1.165, 1.54) is 9.21 Å². The van der Waals surface area contributed by atoms with Gasteiger partial charge < -0.3 is 26.2 Å². The Morgan fingerprint density at radius 3 is 2.09 bits per heavy atom. The zero-order valence-corrected chi connectivity index (χ0v) is 28.4. The molecule has 14 heteroatoms. The van der Waals surface area contributed by atoms with Crippen molar-refractivity contribution >= 4 is 39.6 Å². The second-order valence-corrected chi connectivity index (χ2v) is 17.3. The van der Waals surface area contributed by atoms with E-state index in [4.69, 9.17) is 0 Å². The predicted molar refractivity (Wildman–Crippen MR) is 171 cm³/mol. The van der Waals surface area contributed by atoms with Gasteiger partial charge in [-0.2, -0.15) is 0 Å². The molecule has 0 radical (unpaired) electrons. The molecule has 13 nitrogen and oxygen atoms in total. The van der Waals surface area contributed by atoms with Gasteiger partial charge in [-0.1, -0.05) is 52.9 Å². The summed E-state index contributed by atoms with van der Waals surface area (Å²) in [4.78, 5) is 68.3. The first-order valence-corrected chi connectivity index (χ1v) is 18.8. The van der Waals surface area contributed by atoms with Gasteiger partial charge in [0.2, 0.25) is 27.6 Å². The van der Waals surface area contributed by atoms with Crippen LogP contribution in [0.4, 0.5) is 4.79 Å². The van der Waals surface area contributed by atoms with Gasteiger partial charge in [-0.05, 0) is 62.7 Å². The quantitative estimate of drug-likeness (QED) is 0.216. The SMILES string of the molecule is CC(C)(C)[C@H](NC(=O)NC1(CS(=O)(=O)N2CCC2)CCCCC1)C(=O)N1CCC[C@H]1C(=O)N[C@@H](CC1CC1)C(=O)C(=O)NC1CC1. The summed E-state index contributed by atoms with van der Waals surface area (Å²) >= 11 is 0. The number of ketones is 1. The summed E-state index contributed by atoms with van der Waals surface area (Å²) in [5.41, 5.74) is -1.65. The smallest absolute Gasteiger partial charge is 0.315 e. The van der Waals surface area contributed by atoms with Crippen molar-refractivity contribution in [2.24, 2.45) is 11.3 Å². The average molecular weight is 665 g/mol. The van der Waals surface area contributed by atoms with Crippen molar-refractivity contribution in [3.05, 3.63) is 0 Å². The Kier molecular flexibility index (Phi) is 10.4. The fourth-order valence-electron chi connectivity index (χ4n) is 6.89. The lowest BCUT2D eigenvalue weighted by atomic mass is 9.83. The van der Waals surface area contributed by atoms with Gasteiger partial charge in [-0.25, -0.2) is 17.5 Å². The second-order valence-electron chi connectivity index (χ2n) is 15.3. The van der Waals surface area contributed by atoms with E-state index in [-0.39, 0.29) is 17.7 Å². The van der Waals surface area contributed by atoms with Crippen molar-refractivity contribution in [2.75, 3.05) is 25.4 Å². The lowest BCUT2D eigenvalue weighted by Crippen LogP contribution is -2.64. The third-order valence-corrected chi connectivity index (χ3v) is 12.2. The van der Waals surface area contributed by atoms with E-state index < -0.39 is 68.6 Å². The van der Waals surface area contributed by atoms with Crippen LogP contribution in [0.15, 0.2) is 0 Å². The molecule has 0 unspecified atom stereocenters. The number of carbonyl (C=O) groups excluding carboxylic acids is 5. The summed E-state index contributed by atoms with van der Waals surface area (Å²) in [6.45, 7) is 6.80. The van der Waals surface area contributed by atoms with Crippen LogP contribution in [0.2, 0.25) is 0 Å². The minimum Gasteiger partial charge on any atom is -0.347 e. The Bertz CT molecular complexity index is 1300. The minimum absolute atomic E-state index is 0.0219. The van der Waals surface area contributed by atoms with E-state index >= 15 is 0 Å². The normalized spacial score (nSPS) is 24.7. The molecule has 0 spiro atoms. The van der Waals surface area contributed by atoms with Gasteiger partial charge in [0, 0.05) is 25.7 Å². The van der Waals surface area contributed by atoms with E-state index in [0.29, 0.717) is 51.7 Å². The highest BCUT2D eigenvalue weighted by molar-refractivity contribution is 7.89. The summed E-state index contributed by atoms with van der Waals surface area (Å²) in [5.74, 6) is -2.10. The van der Waals surface area contributed by atoms with Crippen LogP contribution in [0.25, 0.3) is 0 Å². The molecule has 3 atom stereocenters. The maximum absolute atomic E-state index is 14.1. The van der Waals surface area contributed by atoms with Crippen LogP contribution >= 0.6 is 0 Å². The van der Waals surface area contributed by atoms with Gasteiger partial charge in [0.25, 0.3) is 5.91 Å². The highest BCUT2D eigenvalue weighted by Crippen LogP contribution is 2.35. The summed E-state index contributed by atoms with van der Waals surface area (Å²) in [7, 11) is -3.54. The molecule has 5 fully saturated rings. The van der Waals surface area contributed by atoms with E-state index in [9.17, 15) is 32.4 Å². The molecule has 0 aromatic heterocycles. The number of nitrogens with one attached hydrogen (secondary N) is 4. The maximum atomic E-state index is 14.1. The molecule has 5 rings (SSSR count). The van der Waals surface area contributed by atoms with Gasteiger partial charge in [-0.15, -0.1) is 0 Å². The van der Waals surface area contributed by atoms with Crippen LogP contribution < -0.4 is 21.3 Å². The van der Waals surface area contributed by atoms with Crippen molar-refractivity contribution in [2.45, 2.75) is 134 Å². The highest BCUT2D eigenvalue weighted by atomic mass is 32.2. The number of rotatable bonds is 13. The molecule has 3 aliphatic carbocycles. The number of amides is 5. The van der Waals surface area contributed by atoms with Crippen LogP contribution in [0.3, 0.4) is 0 Å². The van der Waals surface area contributed by atoms with Crippen molar-refractivity contribution in [3.63, 3.8) is 0 Å². The summed E-state index contributed by atoms with van der Waals surface area (Å²) in [6.07, 6.45) is 9.43. The van der Waals surface area contributed by atoms with E-state index in [1.54, 1.807) is 0 Å². The fraction of sp³-hybridized carbons (Fsp3) is 0.844. The number of sulfonamides is 1. The Morgan fingerprint density at radius 1 is 0.848 bits per heavy atom. The van der Waals surface area contributed by atoms with E-state index in [2.05, 4.69) is 21.3 Å². The Balaban J connectivity index is 1.25. The van der Waals surface area contributed by atoms with Gasteiger partial charge in [-0.3, -0.25) is 19.2 Å². The van der Waals surface area contributed by atoms with Crippen LogP contribution in [0, 0.1) is 11.3 Å². The fourth-order valence-corrected chi connectivity index (χ4v) is 8.95. The number of likely N-dealkylation sites (tertiary alicyclic amines) is 1. The van der Waals surface area contributed by atoms with Gasteiger partial charge in [0.1, 0.15) is 12.1 Å². The molecule has 3 saturated carbocycles. The van der Waals surface area contributed by atoms with Crippen molar-refractivity contribution < 1.29 is 32.4 Å². The highest BCUT2D eigenvalue weighted by Gasteiger charge is 2.46. The predicted octanol–water partition coefficient (Wildman–Crippen LogP) is 1.56. The number of Topliss-reactive ketones (excluding diaryl/α,β-unsaturated/α-hetero) is 1. The molecule has 5 aliphatic rings. The van der Waals surface area contributed by atoms with Crippen molar-refractivity contribution in [1.29, 1.82) is 0 Å². The monoisotopic (exact) mass is 664 g/mol. The number of hydrogen-bond donors (Lipinski definition) is 4. The molecule has 5 amide bonds. The number of hydrogen-bond acceptors (Lipinski definition) is 7. The van der Waals surface area contributed by atoms with Crippen LogP contribution in [-0.4, -0.2) is 102 Å². The molecule has 4 N–H and O–H groups in total. The Labute approximate surface area is 272 Å². The molecular formula is C32H52N6O7S. The number of carbonyl (C=O) groups is 5. The molecule has 0 aromatic carbocycles. The largest absolute Gasteiger partial charge is 0.347 e. The summed E-state index contributed by atoms with van der Waals surface area (Å²) in [5, 5.41) is 11.4. The van der Waals surface area contributed by atoms with Crippen molar-refractivity contribution in [1.82, 2.24) is 30.5 Å². The summed E-state index contributed by atoms with van der Waals surface area (Å²) < 4.78 is 27.7. The van der Waals surface area contributed by atoms with Crippen LogP contribution in [0.5, 0.6) is 0 Å². The van der Waals surface area contributed by atoms with Gasteiger partial charge in [0.05, 0.1) is 17.3 Å². The van der Waals surface area contributed by atoms with Gasteiger partial charge >= 0.3 is 6.03 Å². The molecule has 2 heterocycles. The second kappa shape index (κ2) is 13.8. The molecule has 258 valence electrons. The molecule has 46 heavy (non-hydrogen) atoms. The first kappa shape index (κ1) is 34.6. The van der Waals surface area contributed by atoms with E-state index in [0.717, 1.165) is 51.4 Å². The average Bonchev–Trinajstić information content (AvgIpc) is 3.87. The van der Waals surface area contributed by atoms with Crippen molar-refractivity contribution in [3.8, 4) is 0 Å². The standard InChI is InChI=1S/C32H52N6O7S/c1-31(2,3)26(35-30(43)36-32(14-5-4-6-15-32)20-46(44,45)37-16-8-17-37)29(42)38-18-7-9-24(38)27(40)34-23(19-21-10-11-21)25(39)28(41)33-22-12-13-22/h21-24,26H,4-20H2,1-3H3,(H,33,41)(H,34,40)(H2,35,36,43)/t23-,24-,26+/m0/s1. The van der Waals surface area contributed by atoms with Crippen LogP contribution in [0.1, 0.15) is 104 Å². The number of urea groups is 1. The third-order valence-electron chi connectivity index (χ3n) is 10.1. The van der Waals surface area contributed by atoms with Crippen LogP contribution in [-0.2, 0) is 29.2 Å². The maximum Gasteiger partial charge on any atom is 0.315 e. The zero-order valence-electron chi connectivity index (χ0n) is 27.6.